The first kappa shape index (κ1) is 85.7. The standard InChI is InChI=1S/C71H126O16P2/c1-4-7-10-13-16-19-22-24-25-26-27-28-29-30-31-32-33-34-35-36-37-38-39-41-44-45-48-51-54-57-69(74)81-60-66(72)61-83-88(77,78)84-62-67(73)63-85-89(79,80)86-65-68(87-71(76)59-56-53-50-47-42-21-18-15-12-9-6-3)64-82-70(75)58-55-52-49-46-43-40-23-20-17-14-11-8-5-2/h7,10,15-16,18-20,23-25,27-28,30-31,66-68,72-73H,4-6,8-9,11-14,17,21-22,26,29,32-65H2,1-3H3,(H,77,78)(H,79,80)/b10-7-,18-15-,19-16-,23-20-,25-24-,28-27-,31-30-. The summed E-state index contributed by atoms with van der Waals surface area (Å²) in [4.78, 5) is 58.2. The third kappa shape index (κ3) is 66.0. The fourth-order valence-electron chi connectivity index (χ4n) is 9.22. The number of rotatable bonds is 66. The molecule has 516 valence electrons. The zero-order valence-electron chi connectivity index (χ0n) is 55.8. The molecule has 5 unspecified atom stereocenters. The van der Waals surface area contributed by atoms with Crippen molar-refractivity contribution in [1.29, 1.82) is 0 Å². The van der Waals surface area contributed by atoms with Crippen molar-refractivity contribution in [2.75, 3.05) is 39.6 Å². The first-order valence-electron chi connectivity index (χ1n) is 34.9. The first-order valence-corrected chi connectivity index (χ1v) is 37.9. The minimum absolute atomic E-state index is 0.0945. The fourth-order valence-corrected chi connectivity index (χ4v) is 10.8. The molecule has 0 aliphatic heterocycles. The number of carbonyl (C=O) groups is 3. The molecular weight excluding hydrogens is 1170 g/mol. The van der Waals surface area contributed by atoms with E-state index in [9.17, 15) is 43.5 Å². The Morgan fingerprint density at radius 3 is 0.989 bits per heavy atom. The molecule has 0 aliphatic rings. The second-order valence-electron chi connectivity index (χ2n) is 23.3. The number of unbranched alkanes of at least 4 members (excludes halogenated alkanes) is 29. The molecule has 0 aromatic rings. The quantitative estimate of drug-likeness (QED) is 0.0146. The normalized spacial score (nSPS) is 14.7. The van der Waals surface area contributed by atoms with Gasteiger partial charge < -0.3 is 34.2 Å². The number of hydrogen-bond donors (Lipinski definition) is 4. The van der Waals surface area contributed by atoms with E-state index in [4.69, 9.17) is 32.3 Å². The number of ether oxygens (including phenoxy) is 3. The second-order valence-corrected chi connectivity index (χ2v) is 26.2. The van der Waals surface area contributed by atoms with Gasteiger partial charge in [0.2, 0.25) is 0 Å². The monoisotopic (exact) mass is 1300 g/mol. The minimum atomic E-state index is -4.92. The van der Waals surface area contributed by atoms with Gasteiger partial charge in [-0.3, -0.25) is 32.5 Å². The molecule has 0 amide bonds. The summed E-state index contributed by atoms with van der Waals surface area (Å²) in [6, 6.07) is 0. The Bertz CT molecular complexity index is 1970. The molecular formula is C71H126O16P2. The summed E-state index contributed by atoms with van der Waals surface area (Å²) in [5.74, 6) is -1.59. The number of phosphoric acid groups is 2. The topological polar surface area (TPSA) is 231 Å². The van der Waals surface area contributed by atoms with E-state index < -0.39 is 91.5 Å². The molecule has 0 heterocycles. The van der Waals surface area contributed by atoms with Crippen LogP contribution >= 0.6 is 15.6 Å². The van der Waals surface area contributed by atoms with Crippen LogP contribution in [0.3, 0.4) is 0 Å². The van der Waals surface area contributed by atoms with E-state index in [1.807, 2.05) is 0 Å². The number of esters is 3. The summed E-state index contributed by atoms with van der Waals surface area (Å²) in [7, 11) is -9.76. The van der Waals surface area contributed by atoms with Crippen molar-refractivity contribution in [1.82, 2.24) is 0 Å². The van der Waals surface area contributed by atoms with E-state index >= 15 is 0 Å². The number of phosphoric ester groups is 2. The van der Waals surface area contributed by atoms with Gasteiger partial charge in [-0.2, -0.15) is 0 Å². The van der Waals surface area contributed by atoms with Crippen molar-refractivity contribution in [3.8, 4) is 0 Å². The molecule has 5 atom stereocenters. The number of aliphatic hydroxyl groups is 2. The van der Waals surface area contributed by atoms with Crippen LogP contribution in [0.25, 0.3) is 0 Å². The Hall–Kier alpha value is -3.27. The highest BCUT2D eigenvalue weighted by molar-refractivity contribution is 7.47. The van der Waals surface area contributed by atoms with Crippen molar-refractivity contribution in [2.45, 2.75) is 309 Å². The lowest BCUT2D eigenvalue weighted by Gasteiger charge is -2.21. The summed E-state index contributed by atoms with van der Waals surface area (Å²) >= 11 is 0. The van der Waals surface area contributed by atoms with Crippen LogP contribution in [0.5, 0.6) is 0 Å². The van der Waals surface area contributed by atoms with Gasteiger partial charge in [0.05, 0.1) is 26.4 Å². The third-order valence-electron chi connectivity index (χ3n) is 14.6. The lowest BCUT2D eigenvalue weighted by atomic mass is 10.0. The Morgan fingerprint density at radius 1 is 0.326 bits per heavy atom. The van der Waals surface area contributed by atoms with Crippen molar-refractivity contribution in [3.63, 3.8) is 0 Å². The van der Waals surface area contributed by atoms with Gasteiger partial charge in [0, 0.05) is 19.3 Å². The highest BCUT2D eigenvalue weighted by atomic mass is 31.2. The number of allylic oxidation sites excluding steroid dienone is 14. The van der Waals surface area contributed by atoms with Crippen LogP contribution in [0, 0.1) is 0 Å². The Morgan fingerprint density at radius 2 is 0.607 bits per heavy atom. The average molecular weight is 1300 g/mol. The summed E-state index contributed by atoms with van der Waals surface area (Å²) in [6.45, 7) is 2.48. The van der Waals surface area contributed by atoms with Crippen LogP contribution in [0.1, 0.15) is 290 Å². The average Bonchev–Trinajstić information content (AvgIpc) is 3.73. The smallest absolute Gasteiger partial charge is 0.463 e. The van der Waals surface area contributed by atoms with Gasteiger partial charge in [-0.1, -0.05) is 247 Å². The van der Waals surface area contributed by atoms with Gasteiger partial charge in [-0.05, 0) is 109 Å². The Kier molecular flexibility index (Phi) is 62.4. The molecule has 0 bridgehead atoms. The summed E-state index contributed by atoms with van der Waals surface area (Å²) < 4.78 is 60.8. The maximum absolute atomic E-state index is 12.8. The van der Waals surface area contributed by atoms with Crippen LogP contribution in [0.4, 0.5) is 0 Å². The summed E-state index contributed by atoms with van der Waals surface area (Å²) in [5, 5.41) is 20.5. The van der Waals surface area contributed by atoms with E-state index in [1.165, 1.54) is 96.3 Å². The first-order chi connectivity index (χ1) is 43.2. The summed E-state index contributed by atoms with van der Waals surface area (Å²) in [5.41, 5.74) is 0. The third-order valence-corrected chi connectivity index (χ3v) is 16.5. The maximum Gasteiger partial charge on any atom is 0.472 e. The van der Waals surface area contributed by atoms with Gasteiger partial charge in [0.1, 0.15) is 25.4 Å². The molecule has 0 saturated carbocycles. The zero-order chi connectivity index (χ0) is 65.3. The lowest BCUT2D eigenvalue weighted by molar-refractivity contribution is -0.161. The van der Waals surface area contributed by atoms with Gasteiger partial charge in [-0.25, -0.2) is 9.13 Å². The van der Waals surface area contributed by atoms with Gasteiger partial charge in [-0.15, -0.1) is 0 Å². The van der Waals surface area contributed by atoms with Crippen molar-refractivity contribution in [2.24, 2.45) is 0 Å². The maximum atomic E-state index is 12.8. The second kappa shape index (κ2) is 64.8. The molecule has 18 heteroatoms. The molecule has 89 heavy (non-hydrogen) atoms. The van der Waals surface area contributed by atoms with E-state index in [2.05, 4.69) is 106 Å². The van der Waals surface area contributed by atoms with Crippen LogP contribution in [-0.2, 0) is 55.8 Å². The van der Waals surface area contributed by atoms with Gasteiger partial charge >= 0.3 is 33.6 Å². The van der Waals surface area contributed by atoms with Crippen LogP contribution in [0.2, 0.25) is 0 Å². The van der Waals surface area contributed by atoms with Crippen molar-refractivity contribution >= 4 is 33.6 Å². The lowest BCUT2D eigenvalue weighted by Crippen LogP contribution is -2.30. The molecule has 16 nitrogen and oxygen atoms in total. The molecule has 0 aliphatic carbocycles. The van der Waals surface area contributed by atoms with Crippen LogP contribution in [-0.4, -0.2) is 95.9 Å². The predicted molar refractivity (Wildman–Crippen MR) is 362 cm³/mol. The molecule has 4 N–H and O–H groups in total. The largest absolute Gasteiger partial charge is 0.472 e. The molecule has 0 rings (SSSR count). The minimum Gasteiger partial charge on any atom is -0.463 e. The highest BCUT2D eigenvalue weighted by Gasteiger charge is 2.29. The Labute approximate surface area is 540 Å². The molecule has 0 fully saturated rings. The van der Waals surface area contributed by atoms with Crippen LogP contribution < -0.4 is 0 Å². The van der Waals surface area contributed by atoms with Crippen molar-refractivity contribution < 1.29 is 75.8 Å². The SMILES string of the molecule is CC/C=C\C/C=C\C/C=C\C/C=C\C/C=C\CCCCCCCCCCCCCCCC(=O)OCC(O)COP(=O)(O)OCC(O)COP(=O)(O)OCC(COC(=O)CCCCCCC/C=C\CCCCCC)OC(=O)CCCCCCC/C=C\CCCC. The number of hydrogen-bond acceptors (Lipinski definition) is 14. The van der Waals surface area contributed by atoms with Gasteiger partial charge in [0.25, 0.3) is 0 Å². The summed E-state index contributed by atoms with van der Waals surface area (Å²) in [6.07, 6.45) is 69.5. The van der Waals surface area contributed by atoms with E-state index in [1.54, 1.807) is 0 Å². The van der Waals surface area contributed by atoms with Crippen LogP contribution in [0.15, 0.2) is 85.1 Å². The Balaban J connectivity index is 4.38. The van der Waals surface area contributed by atoms with E-state index in [-0.39, 0.29) is 19.3 Å². The predicted octanol–water partition coefficient (Wildman–Crippen LogP) is 19.3. The van der Waals surface area contributed by atoms with E-state index in [0.717, 1.165) is 135 Å². The zero-order valence-corrected chi connectivity index (χ0v) is 57.6. The van der Waals surface area contributed by atoms with Gasteiger partial charge in [0.15, 0.2) is 6.10 Å². The highest BCUT2D eigenvalue weighted by Crippen LogP contribution is 2.45. The number of aliphatic hydroxyl groups excluding tert-OH is 2. The molecule has 0 saturated heterocycles. The molecule has 0 radical (unpaired) electrons. The molecule has 0 aromatic carbocycles. The number of carbonyl (C=O) groups excluding carboxylic acids is 3. The van der Waals surface area contributed by atoms with Crippen molar-refractivity contribution in [3.05, 3.63) is 85.1 Å². The molecule has 0 spiro atoms. The fraction of sp³-hybridized carbons (Fsp3) is 0.761. The van der Waals surface area contributed by atoms with E-state index in [0.29, 0.717) is 19.3 Å². The molecule has 0 aromatic heterocycles.